The van der Waals surface area contributed by atoms with Gasteiger partial charge in [0.05, 0.1) is 11.4 Å². The molecule has 4 heteroatoms. The van der Waals surface area contributed by atoms with E-state index in [2.05, 4.69) is 10.2 Å². The number of hydrogen-bond donors (Lipinski definition) is 2. The Bertz CT molecular complexity index is 507. The molecule has 0 amide bonds. The first-order valence-electron chi connectivity index (χ1n) is 5.66. The van der Waals surface area contributed by atoms with Gasteiger partial charge in [-0.3, -0.25) is 0 Å². The third-order valence-electron chi connectivity index (χ3n) is 2.39. The minimum Gasteiger partial charge on any atom is -0.368 e. The molecule has 2 N–H and O–H groups in total. The van der Waals surface area contributed by atoms with Gasteiger partial charge in [0.1, 0.15) is 0 Å². The first-order valence-corrected chi connectivity index (χ1v) is 5.66. The highest BCUT2D eigenvalue weighted by Crippen LogP contribution is 2.18. The van der Waals surface area contributed by atoms with Gasteiger partial charge < -0.3 is 10.2 Å². The van der Waals surface area contributed by atoms with Gasteiger partial charge in [-0.05, 0) is 29.8 Å². The molecule has 0 aliphatic carbocycles. The number of hydrogen-bond acceptors (Lipinski definition) is 4. The summed E-state index contributed by atoms with van der Waals surface area (Å²) in [6.07, 6.45) is -1.10. The van der Waals surface area contributed by atoms with Gasteiger partial charge in [0, 0.05) is 6.42 Å². The normalized spacial score (nSPS) is 11.3. The fourth-order valence-corrected chi connectivity index (χ4v) is 1.52. The lowest BCUT2D eigenvalue weighted by Crippen LogP contribution is -2.07. The van der Waals surface area contributed by atoms with Crippen LogP contribution in [-0.2, 0) is 6.42 Å². The molecule has 0 heterocycles. The second-order valence-corrected chi connectivity index (χ2v) is 3.89. The van der Waals surface area contributed by atoms with E-state index in [1.165, 1.54) is 0 Å². The van der Waals surface area contributed by atoms with Crippen LogP contribution in [0.5, 0.6) is 0 Å². The molecule has 0 aliphatic heterocycles. The zero-order valence-electron chi connectivity index (χ0n) is 9.77. The van der Waals surface area contributed by atoms with Crippen LogP contribution in [0.1, 0.15) is 5.56 Å². The second kappa shape index (κ2) is 6.05. The van der Waals surface area contributed by atoms with E-state index in [0.29, 0.717) is 0 Å². The SMILES string of the molecule is OC(O)Cc1ccc(N=Nc2ccccc2)cc1. The van der Waals surface area contributed by atoms with Gasteiger partial charge in [-0.15, -0.1) is 0 Å². The Labute approximate surface area is 105 Å². The average molecular weight is 242 g/mol. The molecule has 0 unspecified atom stereocenters. The lowest BCUT2D eigenvalue weighted by molar-refractivity contribution is -0.0381. The molecule has 0 atom stereocenters. The molecule has 0 fully saturated rings. The maximum Gasteiger partial charge on any atom is 0.155 e. The van der Waals surface area contributed by atoms with Crippen molar-refractivity contribution in [3.05, 3.63) is 60.2 Å². The average Bonchev–Trinajstić information content (AvgIpc) is 2.38. The highest BCUT2D eigenvalue weighted by Gasteiger charge is 1.99. The van der Waals surface area contributed by atoms with E-state index in [-0.39, 0.29) is 6.42 Å². The summed E-state index contributed by atoms with van der Waals surface area (Å²) in [4.78, 5) is 0. The Hall–Kier alpha value is -2.04. The lowest BCUT2D eigenvalue weighted by atomic mass is 10.1. The molecule has 4 nitrogen and oxygen atoms in total. The Morgan fingerprint density at radius 3 is 1.89 bits per heavy atom. The number of benzene rings is 2. The maximum atomic E-state index is 8.84. The first kappa shape index (κ1) is 12.4. The van der Waals surface area contributed by atoms with Crippen LogP contribution in [-0.4, -0.2) is 16.5 Å². The van der Waals surface area contributed by atoms with Crippen LogP contribution in [0.2, 0.25) is 0 Å². The number of rotatable bonds is 4. The van der Waals surface area contributed by atoms with Gasteiger partial charge in [0.15, 0.2) is 6.29 Å². The van der Waals surface area contributed by atoms with E-state index >= 15 is 0 Å². The molecule has 2 aromatic rings. The third kappa shape index (κ3) is 3.76. The van der Waals surface area contributed by atoms with Crippen molar-refractivity contribution in [2.75, 3.05) is 0 Å². The van der Waals surface area contributed by atoms with Crippen molar-refractivity contribution in [3.63, 3.8) is 0 Å². The minimum absolute atomic E-state index is 0.218. The van der Waals surface area contributed by atoms with E-state index in [9.17, 15) is 0 Å². The largest absolute Gasteiger partial charge is 0.368 e. The van der Waals surface area contributed by atoms with E-state index in [4.69, 9.17) is 10.2 Å². The number of aliphatic hydroxyl groups excluding tert-OH is 1. The van der Waals surface area contributed by atoms with Crippen molar-refractivity contribution in [1.82, 2.24) is 0 Å². The van der Waals surface area contributed by atoms with Crippen LogP contribution in [0.15, 0.2) is 64.8 Å². The quantitative estimate of drug-likeness (QED) is 0.639. The van der Waals surface area contributed by atoms with Crippen molar-refractivity contribution in [1.29, 1.82) is 0 Å². The summed E-state index contributed by atoms with van der Waals surface area (Å²) in [7, 11) is 0. The summed E-state index contributed by atoms with van der Waals surface area (Å²) in [6, 6.07) is 16.7. The summed E-state index contributed by atoms with van der Waals surface area (Å²) >= 11 is 0. The molecular formula is C14H14N2O2. The molecule has 0 saturated heterocycles. The first-order chi connectivity index (χ1) is 8.74. The summed E-state index contributed by atoms with van der Waals surface area (Å²) < 4.78 is 0. The highest BCUT2D eigenvalue weighted by atomic mass is 16.5. The lowest BCUT2D eigenvalue weighted by Gasteiger charge is -2.02. The Balaban J connectivity index is 2.04. The Kier molecular flexibility index (Phi) is 4.17. The van der Waals surface area contributed by atoms with Crippen molar-refractivity contribution in [3.8, 4) is 0 Å². The van der Waals surface area contributed by atoms with Gasteiger partial charge in [-0.2, -0.15) is 10.2 Å². The van der Waals surface area contributed by atoms with E-state index in [1.807, 2.05) is 30.3 Å². The molecule has 2 aromatic carbocycles. The molecule has 18 heavy (non-hydrogen) atoms. The zero-order valence-corrected chi connectivity index (χ0v) is 9.77. The summed E-state index contributed by atoms with van der Waals surface area (Å²) in [5.41, 5.74) is 2.38. The van der Waals surface area contributed by atoms with Crippen LogP contribution in [0.4, 0.5) is 11.4 Å². The van der Waals surface area contributed by atoms with Crippen molar-refractivity contribution in [2.45, 2.75) is 12.7 Å². The van der Waals surface area contributed by atoms with Crippen LogP contribution in [0, 0.1) is 0 Å². The summed E-state index contributed by atoms with van der Waals surface area (Å²) in [5.74, 6) is 0. The van der Waals surface area contributed by atoms with E-state index < -0.39 is 6.29 Å². The van der Waals surface area contributed by atoms with Gasteiger partial charge in [-0.1, -0.05) is 30.3 Å². The highest BCUT2D eigenvalue weighted by molar-refractivity contribution is 5.40. The third-order valence-corrected chi connectivity index (χ3v) is 2.39. The zero-order chi connectivity index (χ0) is 12.8. The fraction of sp³-hybridized carbons (Fsp3) is 0.143. The maximum absolute atomic E-state index is 8.84. The topological polar surface area (TPSA) is 65.2 Å². The molecule has 92 valence electrons. The smallest absolute Gasteiger partial charge is 0.155 e. The molecule has 0 aromatic heterocycles. The molecule has 0 bridgehead atoms. The van der Waals surface area contributed by atoms with Gasteiger partial charge in [0.25, 0.3) is 0 Å². The van der Waals surface area contributed by atoms with E-state index in [1.54, 1.807) is 24.3 Å². The van der Waals surface area contributed by atoms with Gasteiger partial charge in [0.2, 0.25) is 0 Å². The van der Waals surface area contributed by atoms with Gasteiger partial charge in [-0.25, -0.2) is 0 Å². The fourth-order valence-electron chi connectivity index (χ4n) is 1.52. The van der Waals surface area contributed by atoms with E-state index in [0.717, 1.165) is 16.9 Å². The number of aliphatic hydroxyl groups is 2. The standard InChI is InChI=1S/C14H14N2O2/c17-14(18)10-11-6-8-13(9-7-11)16-15-12-4-2-1-3-5-12/h1-9,14,17-18H,10H2. The molecule has 0 saturated carbocycles. The monoisotopic (exact) mass is 242 g/mol. The number of nitrogens with zero attached hydrogens (tertiary/aromatic N) is 2. The van der Waals surface area contributed by atoms with Crippen molar-refractivity contribution in [2.24, 2.45) is 10.2 Å². The Morgan fingerprint density at radius 1 is 0.778 bits per heavy atom. The Morgan fingerprint density at radius 2 is 1.33 bits per heavy atom. The molecule has 2 rings (SSSR count). The van der Waals surface area contributed by atoms with Crippen LogP contribution < -0.4 is 0 Å². The summed E-state index contributed by atoms with van der Waals surface area (Å²) in [6.45, 7) is 0. The minimum atomic E-state index is -1.32. The van der Waals surface area contributed by atoms with Crippen molar-refractivity contribution >= 4 is 11.4 Å². The van der Waals surface area contributed by atoms with Crippen LogP contribution in [0.25, 0.3) is 0 Å². The van der Waals surface area contributed by atoms with Crippen LogP contribution >= 0.6 is 0 Å². The number of azo groups is 1. The predicted molar refractivity (Wildman–Crippen MR) is 69.0 cm³/mol. The second-order valence-electron chi connectivity index (χ2n) is 3.89. The molecular weight excluding hydrogens is 228 g/mol. The molecule has 0 spiro atoms. The molecule has 0 aliphatic rings. The van der Waals surface area contributed by atoms with Crippen LogP contribution in [0.3, 0.4) is 0 Å². The van der Waals surface area contributed by atoms with Crippen molar-refractivity contribution < 1.29 is 10.2 Å². The predicted octanol–water partition coefficient (Wildman–Crippen LogP) is 2.96. The molecule has 0 radical (unpaired) electrons. The summed E-state index contributed by atoms with van der Waals surface area (Å²) in [5, 5.41) is 25.9. The van der Waals surface area contributed by atoms with Gasteiger partial charge >= 0.3 is 0 Å².